The third-order valence-corrected chi connectivity index (χ3v) is 2.30. The van der Waals surface area contributed by atoms with Crippen LogP contribution >= 0.6 is 0 Å². The third-order valence-electron chi connectivity index (χ3n) is 2.30. The molecule has 2 N–H and O–H groups in total. The number of aliphatic carboxylic acids is 1. The summed E-state index contributed by atoms with van der Waals surface area (Å²) in [6, 6.07) is 0. The molecule has 8 heteroatoms. The molecule has 0 saturated carbocycles. The van der Waals surface area contributed by atoms with Gasteiger partial charge in [0.25, 0.3) is 0 Å². The van der Waals surface area contributed by atoms with Crippen molar-refractivity contribution >= 4 is 5.97 Å². The minimum atomic E-state index is -4.75. The van der Waals surface area contributed by atoms with E-state index in [9.17, 15) is 18.0 Å². The minimum Gasteiger partial charge on any atom is -0.481 e. The zero-order valence-electron chi connectivity index (χ0n) is 9.00. The summed E-state index contributed by atoms with van der Waals surface area (Å²) in [6.45, 7) is 0.639. The number of carboxylic acids is 1. The largest absolute Gasteiger partial charge is 0.481 e. The monoisotopic (exact) mass is 257 g/mol. The second kappa shape index (κ2) is 6.18. The lowest BCUT2D eigenvalue weighted by atomic mass is 10.1. The molecule has 2 unspecified atom stereocenters. The van der Waals surface area contributed by atoms with Crippen molar-refractivity contribution in [3.63, 3.8) is 0 Å². The van der Waals surface area contributed by atoms with Gasteiger partial charge in [-0.3, -0.25) is 4.79 Å². The topological polar surface area (TPSA) is 67.8 Å². The number of rotatable bonds is 5. The van der Waals surface area contributed by atoms with E-state index in [0.717, 1.165) is 0 Å². The maximum Gasteiger partial charge on any atom is 0.403 e. The normalized spacial score (nSPS) is 23.4. The van der Waals surface area contributed by atoms with Gasteiger partial charge in [-0.15, -0.1) is 0 Å². The molecule has 5 nitrogen and oxygen atoms in total. The summed E-state index contributed by atoms with van der Waals surface area (Å²) in [6.07, 6.45) is -5.07. The predicted octanol–water partition coefficient (Wildman–Crippen LogP) is 0.254. The smallest absolute Gasteiger partial charge is 0.403 e. The van der Waals surface area contributed by atoms with Gasteiger partial charge in [0.05, 0.1) is 25.9 Å². The Morgan fingerprint density at radius 1 is 1.47 bits per heavy atom. The van der Waals surface area contributed by atoms with Crippen LogP contribution in [-0.4, -0.2) is 56.3 Å². The number of carboxylic acid groups (broad SMARTS) is 1. The number of hydrogen-bond acceptors (Lipinski definition) is 4. The van der Waals surface area contributed by atoms with Crippen molar-refractivity contribution in [2.24, 2.45) is 5.92 Å². The molecule has 0 aromatic heterocycles. The van der Waals surface area contributed by atoms with Crippen LogP contribution in [0.25, 0.3) is 0 Å². The van der Waals surface area contributed by atoms with Crippen molar-refractivity contribution in [2.45, 2.75) is 12.3 Å². The van der Waals surface area contributed by atoms with Crippen LogP contribution in [0.1, 0.15) is 0 Å². The van der Waals surface area contributed by atoms with Crippen LogP contribution in [0.4, 0.5) is 13.2 Å². The van der Waals surface area contributed by atoms with E-state index in [4.69, 9.17) is 14.6 Å². The van der Waals surface area contributed by atoms with Gasteiger partial charge in [0, 0.05) is 13.1 Å². The van der Waals surface area contributed by atoms with E-state index in [1.54, 1.807) is 0 Å². The quantitative estimate of drug-likeness (QED) is 0.739. The van der Waals surface area contributed by atoms with Gasteiger partial charge in [-0.05, 0) is 0 Å². The van der Waals surface area contributed by atoms with Crippen LogP contribution in [0, 0.1) is 5.92 Å². The standard InChI is InChI=1S/C9H14F3NO4/c10-9(11,12)7(8(14)15)4-13-3-6-5-16-1-2-17-6/h6-7,13H,1-5H2,(H,14,15). The van der Waals surface area contributed by atoms with Gasteiger partial charge in [-0.25, -0.2) is 0 Å². The number of carbonyl (C=O) groups is 1. The molecular weight excluding hydrogens is 243 g/mol. The first-order valence-electron chi connectivity index (χ1n) is 5.11. The number of alkyl halides is 3. The Kier molecular flexibility index (Phi) is 5.16. The summed E-state index contributed by atoms with van der Waals surface area (Å²) in [5, 5.41) is 10.9. The molecule has 0 aromatic carbocycles. The molecule has 1 rings (SSSR count). The molecule has 0 aliphatic carbocycles. The van der Waals surface area contributed by atoms with Gasteiger partial charge < -0.3 is 19.9 Å². The molecule has 1 saturated heterocycles. The number of ether oxygens (including phenoxy) is 2. The van der Waals surface area contributed by atoms with Crippen LogP contribution in [-0.2, 0) is 14.3 Å². The molecule has 0 aromatic rings. The fraction of sp³-hybridized carbons (Fsp3) is 0.889. The second-order valence-corrected chi connectivity index (χ2v) is 3.66. The molecule has 1 aliphatic rings. The van der Waals surface area contributed by atoms with E-state index >= 15 is 0 Å². The molecule has 0 spiro atoms. The minimum absolute atomic E-state index is 0.139. The molecule has 1 aliphatic heterocycles. The van der Waals surface area contributed by atoms with Crippen molar-refractivity contribution < 1.29 is 32.5 Å². The van der Waals surface area contributed by atoms with Crippen LogP contribution < -0.4 is 5.32 Å². The first-order valence-corrected chi connectivity index (χ1v) is 5.11. The summed E-state index contributed by atoms with van der Waals surface area (Å²) >= 11 is 0. The molecule has 0 radical (unpaired) electrons. The van der Waals surface area contributed by atoms with Gasteiger partial charge in [0.2, 0.25) is 0 Å². The fourth-order valence-corrected chi connectivity index (χ4v) is 1.39. The maximum absolute atomic E-state index is 12.3. The fourth-order valence-electron chi connectivity index (χ4n) is 1.39. The average Bonchev–Trinajstić information content (AvgIpc) is 2.23. The van der Waals surface area contributed by atoms with E-state index in [-0.39, 0.29) is 12.6 Å². The van der Waals surface area contributed by atoms with Gasteiger partial charge in [0.15, 0.2) is 5.92 Å². The lowest BCUT2D eigenvalue weighted by molar-refractivity contribution is -0.192. The first kappa shape index (κ1) is 14.2. The Labute approximate surface area is 95.9 Å². The Morgan fingerprint density at radius 3 is 2.65 bits per heavy atom. The first-order chi connectivity index (χ1) is 7.91. The van der Waals surface area contributed by atoms with Crippen LogP contribution in [0.2, 0.25) is 0 Å². The Balaban J connectivity index is 2.29. The Hall–Kier alpha value is -0.860. The maximum atomic E-state index is 12.3. The predicted molar refractivity (Wildman–Crippen MR) is 50.6 cm³/mol. The second-order valence-electron chi connectivity index (χ2n) is 3.66. The van der Waals surface area contributed by atoms with Crippen LogP contribution in [0.15, 0.2) is 0 Å². The van der Waals surface area contributed by atoms with Gasteiger partial charge in [-0.1, -0.05) is 0 Å². The molecule has 0 bridgehead atoms. The van der Waals surface area contributed by atoms with Gasteiger partial charge in [-0.2, -0.15) is 13.2 Å². The van der Waals surface area contributed by atoms with Gasteiger partial charge >= 0.3 is 12.1 Å². The Bertz CT molecular complexity index is 253. The van der Waals surface area contributed by atoms with Crippen molar-refractivity contribution in [3.8, 4) is 0 Å². The zero-order chi connectivity index (χ0) is 12.9. The van der Waals surface area contributed by atoms with Crippen molar-refractivity contribution in [1.82, 2.24) is 5.32 Å². The van der Waals surface area contributed by atoms with E-state index < -0.39 is 24.6 Å². The molecule has 17 heavy (non-hydrogen) atoms. The van der Waals surface area contributed by atoms with E-state index in [2.05, 4.69) is 5.32 Å². The van der Waals surface area contributed by atoms with Crippen LogP contribution in [0.3, 0.4) is 0 Å². The average molecular weight is 257 g/mol. The highest BCUT2D eigenvalue weighted by molar-refractivity contribution is 5.71. The summed E-state index contributed by atoms with van der Waals surface area (Å²) < 4.78 is 47.0. The highest BCUT2D eigenvalue weighted by Crippen LogP contribution is 2.25. The van der Waals surface area contributed by atoms with Crippen LogP contribution in [0.5, 0.6) is 0 Å². The van der Waals surface area contributed by atoms with Crippen molar-refractivity contribution in [3.05, 3.63) is 0 Å². The molecule has 0 amide bonds. The summed E-state index contributed by atoms with van der Waals surface area (Å²) in [7, 11) is 0. The number of hydrogen-bond donors (Lipinski definition) is 2. The lowest BCUT2D eigenvalue weighted by Gasteiger charge is -2.24. The molecule has 100 valence electrons. The summed E-state index contributed by atoms with van der Waals surface area (Å²) in [5.41, 5.74) is 0. The third kappa shape index (κ3) is 4.88. The molecule has 2 atom stereocenters. The molecule has 1 heterocycles. The highest BCUT2D eigenvalue weighted by Gasteiger charge is 2.44. The molecule has 1 fully saturated rings. The Morgan fingerprint density at radius 2 is 2.18 bits per heavy atom. The van der Waals surface area contributed by atoms with E-state index in [0.29, 0.717) is 19.8 Å². The molecular formula is C9H14F3NO4. The SMILES string of the molecule is O=C(O)C(CNCC1COCCO1)C(F)(F)F. The lowest BCUT2D eigenvalue weighted by Crippen LogP contribution is -2.43. The van der Waals surface area contributed by atoms with Gasteiger partial charge in [0.1, 0.15) is 0 Å². The number of halogens is 3. The van der Waals surface area contributed by atoms with Crippen molar-refractivity contribution in [2.75, 3.05) is 32.9 Å². The summed E-state index contributed by atoms with van der Waals surface area (Å²) in [4.78, 5) is 10.4. The van der Waals surface area contributed by atoms with E-state index in [1.165, 1.54) is 0 Å². The summed E-state index contributed by atoms with van der Waals surface area (Å²) in [5.74, 6) is -4.28. The van der Waals surface area contributed by atoms with Crippen molar-refractivity contribution in [1.29, 1.82) is 0 Å². The van der Waals surface area contributed by atoms with E-state index in [1.807, 2.05) is 0 Å². The highest BCUT2D eigenvalue weighted by atomic mass is 19.4. The zero-order valence-corrected chi connectivity index (χ0v) is 9.00. The number of nitrogens with one attached hydrogen (secondary N) is 1.